The molecule has 0 amide bonds. The van der Waals surface area contributed by atoms with Gasteiger partial charge in [-0.15, -0.1) is 0 Å². The Bertz CT molecular complexity index is 3260. The second-order valence-corrected chi connectivity index (χ2v) is 15.1. The molecule has 0 aliphatic rings. The molecule has 0 saturated heterocycles. The Labute approximate surface area is 339 Å². The van der Waals surface area contributed by atoms with Gasteiger partial charge < -0.3 is 0 Å². The molecule has 11 rings (SSSR count). The Balaban J connectivity index is 1.49. The van der Waals surface area contributed by atoms with E-state index in [2.05, 4.69) is 231 Å². The molecule has 0 fully saturated rings. The van der Waals surface area contributed by atoms with Gasteiger partial charge in [0.15, 0.2) is 0 Å². The smallest absolute Gasteiger partial charge is 0.000719 e. The molecule has 11 aromatic rings. The first-order valence-corrected chi connectivity index (χ1v) is 20.1. The highest BCUT2D eigenvalue weighted by Crippen LogP contribution is 2.56. The highest BCUT2D eigenvalue weighted by molar-refractivity contribution is 6.31. The van der Waals surface area contributed by atoms with Crippen molar-refractivity contribution >= 4 is 43.1 Å². The van der Waals surface area contributed by atoms with Crippen LogP contribution in [0.1, 0.15) is 0 Å². The minimum Gasteiger partial charge on any atom is -0.0622 e. The van der Waals surface area contributed by atoms with Gasteiger partial charge in [-0.2, -0.15) is 0 Å². The van der Waals surface area contributed by atoms with Crippen molar-refractivity contribution in [3.05, 3.63) is 231 Å². The van der Waals surface area contributed by atoms with Crippen LogP contribution in [0.15, 0.2) is 231 Å². The van der Waals surface area contributed by atoms with E-state index in [9.17, 15) is 0 Å². The van der Waals surface area contributed by atoms with Crippen molar-refractivity contribution in [3.63, 3.8) is 0 Å². The molecule has 0 nitrogen and oxygen atoms in total. The van der Waals surface area contributed by atoms with E-state index in [1.807, 2.05) is 0 Å². The lowest BCUT2D eigenvalue weighted by atomic mass is 9.75. The van der Waals surface area contributed by atoms with Gasteiger partial charge in [0.05, 0.1) is 0 Å². The van der Waals surface area contributed by atoms with Crippen LogP contribution in [0, 0.1) is 0 Å². The van der Waals surface area contributed by atoms with E-state index in [1.54, 1.807) is 0 Å². The van der Waals surface area contributed by atoms with E-state index in [1.165, 1.54) is 110 Å². The molecule has 0 aromatic heterocycles. The predicted molar refractivity (Wildman–Crippen MR) is 249 cm³/mol. The SMILES string of the molecule is c1ccc(-c2c(-c3ccccc3)c(-c3ccccc3)c3c(-c4ccccc4)c4c(-c5ccccc5)c5cc6ccccc6cc5cc4cc3c2-c2ccccc2)cc1. The molecule has 270 valence electrons. The second-order valence-electron chi connectivity index (χ2n) is 15.1. The second kappa shape index (κ2) is 14.2. The molecule has 11 aromatic carbocycles. The van der Waals surface area contributed by atoms with Crippen molar-refractivity contribution in [2.24, 2.45) is 0 Å². The van der Waals surface area contributed by atoms with Gasteiger partial charge in [0.25, 0.3) is 0 Å². The van der Waals surface area contributed by atoms with Crippen LogP contribution in [0.2, 0.25) is 0 Å². The number of rotatable bonds is 6. The molecule has 0 bridgehead atoms. The molecular formula is C58H38. The first-order chi connectivity index (χ1) is 28.8. The van der Waals surface area contributed by atoms with E-state index >= 15 is 0 Å². The van der Waals surface area contributed by atoms with Crippen molar-refractivity contribution in [2.45, 2.75) is 0 Å². The first kappa shape index (κ1) is 33.8. The molecule has 0 atom stereocenters. The molecule has 0 saturated carbocycles. The summed E-state index contributed by atoms with van der Waals surface area (Å²) in [5, 5.41) is 9.93. The van der Waals surface area contributed by atoms with Crippen molar-refractivity contribution < 1.29 is 0 Å². The maximum Gasteiger partial charge on any atom is -0.000719 e. The summed E-state index contributed by atoms with van der Waals surface area (Å²) >= 11 is 0. The summed E-state index contributed by atoms with van der Waals surface area (Å²) in [7, 11) is 0. The third-order valence-electron chi connectivity index (χ3n) is 11.8. The molecule has 0 radical (unpaired) electrons. The fourth-order valence-electron chi connectivity index (χ4n) is 9.33. The summed E-state index contributed by atoms with van der Waals surface area (Å²) in [5.41, 5.74) is 14.6. The van der Waals surface area contributed by atoms with Gasteiger partial charge in [-0.1, -0.05) is 206 Å². The summed E-state index contributed by atoms with van der Waals surface area (Å²) < 4.78 is 0. The van der Waals surface area contributed by atoms with Crippen LogP contribution in [0.25, 0.3) is 110 Å². The standard InChI is InChI=1S/C58H38/c1-7-21-39(22-8-1)51-49-37-46-34-20-19-33-45(46)35-47(49)36-48-38-50-52(40-23-9-2-10-24-40)53(41-25-11-3-12-26-41)54(42-27-13-4-14-28-42)55(43-29-15-5-16-30-43)58(50)56(57(48)51)44-31-17-6-18-32-44/h1-38H. The normalized spacial score (nSPS) is 11.4. The van der Waals surface area contributed by atoms with E-state index in [0.29, 0.717) is 0 Å². The largest absolute Gasteiger partial charge is 0.0622 e. The molecule has 0 aliphatic heterocycles. The zero-order valence-corrected chi connectivity index (χ0v) is 31.9. The molecular weight excluding hydrogens is 697 g/mol. The third-order valence-corrected chi connectivity index (χ3v) is 11.8. The van der Waals surface area contributed by atoms with Gasteiger partial charge in [-0.3, -0.25) is 0 Å². The molecule has 0 spiro atoms. The van der Waals surface area contributed by atoms with Gasteiger partial charge in [0, 0.05) is 0 Å². The van der Waals surface area contributed by atoms with E-state index < -0.39 is 0 Å². The van der Waals surface area contributed by atoms with Crippen molar-refractivity contribution in [1.82, 2.24) is 0 Å². The van der Waals surface area contributed by atoms with Gasteiger partial charge in [-0.25, -0.2) is 0 Å². The Kier molecular flexibility index (Phi) is 8.26. The molecule has 0 aliphatic carbocycles. The van der Waals surface area contributed by atoms with Gasteiger partial charge in [-0.05, 0) is 134 Å². The van der Waals surface area contributed by atoms with Gasteiger partial charge in [0.2, 0.25) is 0 Å². The minimum atomic E-state index is 1.19. The molecule has 0 unspecified atom stereocenters. The molecule has 0 N–H and O–H groups in total. The van der Waals surface area contributed by atoms with E-state index in [0.717, 1.165) is 0 Å². The minimum absolute atomic E-state index is 1.19. The Morgan fingerprint density at radius 1 is 0.172 bits per heavy atom. The highest BCUT2D eigenvalue weighted by atomic mass is 14.3. The topological polar surface area (TPSA) is 0 Å². The van der Waals surface area contributed by atoms with Crippen LogP contribution >= 0.6 is 0 Å². The maximum absolute atomic E-state index is 2.51. The zero-order valence-electron chi connectivity index (χ0n) is 31.9. The number of hydrogen-bond donors (Lipinski definition) is 0. The van der Waals surface area contributed by atoms with Crippen LogP contribution in [0.5, 0.6) is 0 Å². The van der Waals surface area contributed by atoms with Crippen molar-refractivity contribution in [1.29, 1.82) is 0 Å². The Morgan fingerprint density at radius 3 is 0.983 bits per heavy atom. The molecule has 0 heterocycles. The van der Waals surface area contributed by atoms with E-state index in [-0.39, 0.29) is 0 Å². The van der Waals surface area contributed by atoms with Crippen LogP contribution in [0.4, 0.5) is 0 Å². The quantitative estimate of drug-likeness (QED) is 0.149. The average Bonchev–Trinajstić information content (AvgIpc) is 3.30. The number of fused-ring (bicyclic) bond motifs is 4. The highest BCUT2D eigenvalue weighted by Gasteiger charge is 2.28. The predicted octanol–water partition coefficient (Wildman–Crippen LogP) is 16.3. The Hall–Kier alpha value is -7.54. The third kappa shape index (κ3) is 5.61. The number of benzene rings is 11. The summed E-state index contributed by atoms with van der Waals surface area (Å²) in [4.78, 5) is 0. The van der Waals surface area contributed by atoms with Crippen LogP contribution < -0.4 is 0 Å². The van der Waals surface area contributed by atoms with Crippen molar-refractivity contribution in [3.8, 4) is 66.8 Å². The first-order valence-electron chi connectivity index (χ1n) is 20.1. The monoisotopic (exact) mass is 734 g/mol. The molecule has 0 heteroatoms. The van der Waals surface area contributed by atoms with Crippen LogP contribution in [-0.4, -0.2) is 0 Å². The zero-order chi connectivity index (χ0) is 38.4. The lowest BCUT2D eigenvalue weighted by molar-refractivity contribution is 1.57. The fraction of sp³-hybridized carbons (Fsp3) is 0. The van der Waals surface area contributed by atoms with Gasteiger partial charge >= 0.3 is 0 Å². The summed E-state index contributed by atoms with van der Waals surface area (Å²) in [6.07, 6.45) is 0. The fourth-order valence-corrected chi connectivity index (χ4v) is 9.33. The van der Waals surface area contributed by atoms with E-state index in [4.69, 9.17) is 0 Å². The average molecular weight is 735 g/mol. The maximum atomic E-state index is 2.51. The summed E-state index contributed by atoms with van der Waals surface area (Å²) in [5.74, 6) is 0. The lowest BCUT2D eigenvalue weighted by Crippen LogP contribution is -2.00. The summed E-state index contributed by atoms with van der Waals surface area (Å²) in [6, 6.07) is 84.8. The summed E-state index contributed by atoms with van der Waals surface area (Å²) in [6.45, 7) is 0. The lowest BCUT2D eigenvalue weighted by Gasteiger charge is -2.27. The van der Waals surface area contributed by atoms with Gasteiger partial charge in [0.1, 0.15) is 0 Å². The molecule has 58 heavy (non-hydrogen) atoms. The van der Waals surface area contributed by atoms with Crippen LogP contribution in [0.3, 0.4) is 0 Å². The van der Waals surface area contributed by atoms with Crippen LogP contribution in [-0.2, 0) is 0 Å². The number of hydrogen-bond acceptors (Lipinski definition) is 0. The Morgan fingerprint density at radius 2 is 0.500 bits per heavy atom. The van der Waals surface area contributed by atoms with Crippen molar-refractivity contribution in [2.75, 3.05) is 0 Å².